The lowest BCUT2D eigenvalue weighted by molar-refractivity contribution is 0.399. The molecular weight excluding hydrogens is 299 g/mol. The maximum absolute atomic E-state index is 5.97. The van der Waals surface area contributed by atoms with Crippen molar-refractivity contribution in [3.63, 3.8) is 0 Å². The Balaban J connectivity index is 2.01. The summed E-state index contributed by atoms with van der Waals surface area (Å²) in [6.45, 7) is 0. The number of methoxy groups -OCH3 is 1. The van der Waals surface area contributed by atoms with Gasteiger partial charge < -0.3 is 10.1 Å². The van der Waals surface area contributed by atoms with Gasteiger partial charge >= 0.3 is 0 Å². The first-order chi connectivity index (χ1) is 9.65. The lowest BCUT2D eigenvalue weighted by atomic mass is 10.3. The van der Waals surface area contributed by atoms with Gasteiger partial charge in [0.1, 0.15) is 5.52 Å². The molecule has 0 fully saturated rings. The summed E-state index contributed by atoms with van der Waals surface area (Å²) in [5.74, 6) is 1.10. The van der Waals surface area contributed by atoms with Crippen molar-refractivity contribution < 1.29 is 4.74 Å². The second-order valence-corrected chi connectivity index (χ2v) is 4.98. The Morgan fingerprint density at radius 2 is 1.90 bits per heavy atom. The molecular formula is C13H10Cl2N4O. The Hall–Kier alpha value is -1.98. The predicted molar refractivity (Wildman–Crippen MR) is 80.2 cm³/mol. The number of nitrogens with zero attached hydrogens (tertiary/aromatic N) is 2. The van der Waals surface area contributed by atoms with Crippen LogP contribution in [0.1, 0.15) is 0 Å². The monoisotopic (exact) mass is 308 g/mol. The highest BCUT2D eigenvalue weighted by Gasteiger charge is 2.09. The molecule has 0 aliphatic carbocycles. The summed E-state index contributed by atoms with van der Waals surface area (Å²) in [7, 11) is 1.57. The van der Waals surface area contributed by atoms with Gasteiger partial charge in [-0.15, -0.1) is 0 Å². The molecule has 3 aromatic rings. The molecule has 0 unspecified atom stereocenters. The number of hydrogen-bond donors (Lipinski definition) is 2. The Morgan fingerprint density at radius 1 is 1.15 bits per heavy atom. The quantitative estimate of drug-likeness (QED) is 0.767. The summed E-state index contributed by atoms with van der Waals surface area (Å²) in [4.78, 5) is 4.35. The van der Waals surface area contributed by atoms with Gasteiger partial charge in [-0.05, 0) is 24.3 Å². The Labute approximate surface area is 124 Å². The molecule has 2 heterocycles. The molecule has 5 nitrogen and oxygen atoms in total. The number of pyridine rings is 1. The average Bonchev–Trinajstić information content (AvgIpc) is 2.80. The number of anilines is 2. The molecule has 102 valence electrons. The molecule has 0 atom stereocenters. The fourth-order valence-corrected chi connectivity index (χ4v) is 2.37. The number of H-pyrrole nitrogens is 1. The van der Waals surface area contributed by atoms with Gasteiger partial charge in [0.15, 0.2) is 5.82 Å². The van der Waals surface area contributed by atoms with Gasteiger partial charge in [-0.2, -0.15) is 5.10 Å². The highest BCUT2D eigenvalue weighted by Crippen LogP contribution is 2.28. The fraction of sp³-hybridized carbons (Fsp3) is 0.0769. The van der Waals surface area contributed by atoms with Crippen LogP contribution in [0.2, 0.25) is 10.0 Å². The van der Waals surface area contributed by atoms with E-state index in [2.05, 4.69) is 20.5 Å². The molecule has 20 heavy (non-hydrogen) atoms. The van der Waals surface area contributed by atoms with Crippen LogP contribution >= 0.6 is 23.2 Å². The van der Waals surface area contributed by atoms with Crippen molar-refractivity contribution in [3.8, 4) is 5.88 Å². The molecule has 0 bridgehead atoms. The van der Waals surface area contributed by atoms with Crippen LogP contribution in [-0.4, -0.2) is 22.3 Å². The van der Waals surface area contributed by atoms with Crippen LogP contribution < -0.4 is 10.1 Å². The molecule has 1 aromatic carbocycles. The number of rotatable bonds is 3. The van der Waals surface area contributed by atoms with E-state index in [0.29, 0.717) is 27.3 Å². The second kappa shape index (κ2) is 5.19. The van der Waals surface area contributed by atoms with E-state index in [0.717, 1.165) is 11.2 Å². The number of benzene rings is 1. The first-order valence-corrected chi connectivity index (χ1v) is 6.53. The minimum Gasteiger partial charge on any atom is -0.481 e. The normalized spacial score (nSPS) is 10.8. The zero-order valence-electron chi connectivity index (χ0n) is 10.4. The minimum atomic E-state index is 0.520. The van der Waals surface area contributed by atoms with Crippen molar-refractivity contribution in [2.24, 2.45) is 0 Å². The number of hydrogen-bond acceptors (Lipinski definition) is 4. The van der Waals surface area contributed by atoms with Crippen LogP contribution in [0.15, 0.2) is 30.3 Å². The first-order valence-electron chi connectivity index (χ1n) is 5.78. The summed E-state index contributed by atoms with van der Waals surface area (Å²) in [6.07, 6.45) is 0. The van der Waals surface area contributed by atoms with Crippen molar-refractivity contribution in [1.82, 2.24) is 15.2 Å². The van der Waals surface area contributed by atoms with Gasteiger partial charge in [0.25, 0.3) is 0 Å². The van der Waals surface area contributed by atoms with Crippen molar-refractivity contribution in [2.45, 2.75) is 0 Å². The highest BCUT2D eigenvalue weighted by atomic mass is 35.5. The summed E-state index contributed by atoms with van der Waals surface area (Å²) in [5.41, 5.74) is 2.22. The Morgan fingerprint density at radius 3 is 2.60 bits per heavy atom. The van der Waals surface area contributed by atoms with E-state index in [4.69, 9.17) is 27.9 Å². The second-order valence-electron chi connectivity index (χ2n) is 4.11. The van der Waals surface area contributed by atoms with Gasteiger partial charge in [0.2, 0.25) is 5.88 Å². The molecule has 3 rings (SSSR count). The SMILES string of the molecule is COc1ccc2[nH]nc(Nc3cc(Cl)cc(Cl)c3)c2n1. The molecule has 0 spiro atoms. The molecule has 7 heteroatoms. The molecule has 0 saturated heterocycles. The van der Waals surface area contributed by atoms with Crippen LogP contribution in [0.25, 0.3) is 11.0 Å². The maximum Gasteiger partial charge on any atom is 0.213 e. The van der Waals surface area contributed by atoms with Crippen molar-refractivity contribution in [3.05, 3.63) is 40.4 Å². The lowest BCUT2D eigenvalue weighted by Gasteiger charge is -2.05. The van der Waals surface area contributed by atoms with Gasteiger partial charge in [-0.25, -0.2) is 4.98 Å². The van der Waals surface area contributed by atoms with E-state index < -0.39 is 0 Å². The molecule has 2 N–H and O–H groups in total. The number of aromatic amines is 1. The van der Waals surface area contributed by atoms with E-state index in [-0.39, 0.29) is 0 Å². The molecule has 0 aliphatic rings. The van der Waals surface area contributed by atoms with Gasteiger partial charge in [-0.3, -0.25) is 5.10 Å². The molecule has 0 aliphatic heterocycles. The minimum absolute atomic E-state index is 0.520. The molecule has 0 saturated carbocycles. The third-order valence-electron chi connectivity index (χ3n) is 2.72. The van der Waals surface area contributed by atoms with E-state index in [1.165, 1.54) is 0 Å². The molecule has 2 aromatic heterocycles. The zero-order valence-corrected chi connectivity index (χ0v) is 12.0. The Kier molecular flexibility index (Phi) is 3.38. The standard InChI is InChI=1S/C13H10Cl2N4O/c1-20-11-3-2-10-12(17-11)13(19-18-10)16-9-5-7(14)4-8(15)6-9/h2-6H,1H3,(H2,16,18,19). The molecule has 0 radical (unpaired) electrons. The average molecular weight is 309 g/mol. The van der Waals surface area contributed by atoms with E-state index in [1.807, 2.05) is 6.07 Å². The first kappa shape index (κ1) is 13.0. The largest absolute Gasteiger partial charge is 0.481 e. The van der Waals surface area contributed by atoms with Crippen LogP contribution in [0.3, 0.4) is 0 Å². The predicted octanol–water partition coefficient (Wildman–Crippen LogP) is 4.02. The third-order valence-corrected chi connectivity index (χ3v) is 3.15. The van der Waals surface area contributed by atoms with Gasteiger partial charge in [0, 0.05) is 21.8 Å². The van der Waals surface area contributed by atoms with Crippen LogP contribution in [0.4, 0.5) is 11.5 Å². The molecule has 0 amide bonds. The smallest absolute Gasteiger partial charge is 0.213 e. The summed E-state index contributed by atoms with van der Waals surface area (Å²) in [6, 6.07) is 8.80. The zero-order chi connectivity index (χ0) is 14.1. The topological polar surface area (TPSA) is 62.8 Å². The van der Waals surface area contributed by atoms with Crippen LogP contribution in [-0.2, 0) is 0 Å². The lowest BCUT2D eigenvalue weighted by Crippen LogP contribution is -1.93. The summed E-state index contributed by atoms with van der Waals surface area (Å²) < 4.78 is 5.11. The van der Waals surface area contributed by atoms with E-state index in [9.17, 15) is 0 Å². The maximum atomic E-state index is 5.97. The highest BCUT2D eigenvalue weighted by molar-refractivity contribution is 6.35. The number of fused-ring (bicyclic) bond motifs is 1. The third kappa shape index (κ3) is 2.50. The number of aromatic nitrogens is 3. The van der Waals surface area contributed by atoms with E-state index in [1.54, 1.807) is 31.4 Å². The van der Waals surface area contributed by atoms with Crippen molar-refractivity contribution in [2.75, 3.05) is 12.4 Å². The summed E-state index contributed by atoms with van der Waals surface area (Å²) in [5, 5.41) is 11.3. The van der Waals surface area contributed by atoms with E-state index >= 15 is 0 Å². The van der Waals surface area contributed by atoms with Gasteiger partial charge in [-0.1, -0.05) is 23.2 Å². The Bertz CT molecular complexity index is 752. The van der Waals surface area contributed by atoms with Crippen molar-refractivity contribution >= 4 is 45.7 Å². The fourth-order valence-electron chi connectivity index (χ4n) is 1.84. The van der Waals surface area contributed by atoms with Crippen molar-refractivity contribution in [1.29, 1.82) is 0 Å². The van der Waals surface area contributed by atoms with Crippen LogP contribution in [0.5, 0.6) is 5.88 Å². The summed E-state index contributed by atoms with van der Waals surface area (Å²) >= 11 is 11.9. The number of halogens is 2. The van der Waals surface area contributed by atoms with Gasteiger partial charge in [0.05, 0.1) is 12.6 Å². The van der Waals surface area contributed by atoms with Crippen LogP contribution in [0, 0.1) is 0 Å². The number of ether oxygens (including phenoxy) is 1. The number of nitrogens with one attached hydrogen (secondary N) is 2.